The van der Waals surface area contributed by atoms with Crippen molar-refractivity contribution in [3.8, 4) is 5.88 Å². The molecule has 0 aliphatic heterocycles. The van der Waals surface area contributed by atoms with Crippen molar-refractivity contribution in [3.63, 3.8) is 0 Å². The SMILES string of the molecule is NC(N)=NS(=O)(=O)c1ccc(N=Cc2c(O)[nH]c3ccc4scnc4c23)cc1. The first-order valence-corrected chi connectivity index (χ1v) is 10.2. The van der Waals surface area contributed by atoms with E-state index in [1.165, 1.54) is 41.8 Å². The van der Waals surface area contributed by atoms with Crippen LogP contribution in [0.4, 0.5) is 5.69 Å². The highest BCUT2D eigenvalue weighted by Gasteiger charge is 2.15. The zero-order chi connectivity index (χ0) is 19.9. The highest BCUT2D eigenvalue weighted by atomic mass is 32.2. The van der Waals surface area contributed by atoms with Crippen LogP contribution in [0.5, 0.6) is 5.88 Å². The highest BCUT2D eigenvalue weighted by molar-refractivity contribution is 7.90. The van der Waals surface area contributed by atoms with Crippen LogP contribution >= 0.6 is 11.3 Å². The van der Waals surface area contributed by atoms with Gasteiger partial charge in [0.1, 0.15) is 0 Å². The summed E-state index contributed by atoms with van der Waals surface area (Å²) in [5.74, 6) is -0.559. The summed E-state index contributed by atoms with van der Waals surface area (Å²) < 4.78 is 28.1. The Morgan fingerprint density at radius 3 is 2.64 bits per heavy atom. The second-order valence-corrected chi connectivity index (χ2v) is 8.31. The molecule has 0 saturated heterocycles. The molecule has 0 aliphatic rings. The molecule has 0 saturated carbocycles. The second-order valence-electron chi connectivity index (χ2n) is 5.82. The number of nitrogens with one attached hydrogen (secondary N) is 1. The lowest BCUT2D eigenvalue weighted by molar-refractivity contribution is 0.457. The van der Waals surface area contributed by atoms with Crippen molar-refractivity contribution in [3.05, 3.63) is 47.5 Å². The molecule has 142 valence electrons. The van der Waals surface area contributed by atoms with Crippen LogP contribution in [-0.2, 0) is 10.0 Å². The smallest absolute Gasteiger partial charge is 0.285 e. The lowest BCUT2D eigenvalue weighted by atomic mass is 10.1. The van der Waals surface area contributed by atoms with Crippen LogP contribution in [0.3, 0.4) is 0 Å². The number of aliphatic imine (C=N–C) groups is 1. The van der Waals surface area contributed by atoms with Crippen molar-refractivity contribution < 1.29 is 13.5 Å². The van der Waals surface area contributed by atoms with E-state index < -0.39 is 16.0 Å². The number of benzene rings is 2. The second kappa shape index (κ2) is 6.62. The van der Waals surface area contributed by atoms with Gasteiger partial charge in [0.15, 0.2) is 5.88 Å². The molecular formula is C17H14N6O3S2. The van der Waals surface area contributed by atoms with E-state index in [2.05, 4.69) is 19.4 Å². The Hall–Kier alpha value is -3.44. The maximum absolute atomic E-state index is 12.0. The van der Waals surface area contributed by atoms with Crippen LogP contribution in [0.1, 0.15) is 5.56 Å². The zero-order valence-corrected chi connectivity index (χ0v) is 15.8. The van der Waals surface area contributed by atoms with Crippen LogP contribution in [0.25, 0.3) is 21.1 Å². The van der Waals surface area contributed by atoms with E-state index in [4.69, 9.17) is 11.5 Å². The van der Waals surface area contributed by atoms with Gasteiger partial charge in [0, 0.05) is 11.6 Å². The van der Waals surface area contributed by atoms with Crippen LogP contribution < -0.4 is 11.5 Å². The zero-order valence-electron chi connectivity index (χ0n) is 14.2. The maximum atomic E-state index is 12.0. The van der Waals surface area contributed by atoms with Gasteiger partial charge in [-0.1, -0.05) is 0 Å². The number of rotatable bonds is 4. The Morgan fingerprint density at radius 2 is 1.93 bits per heavy atom. The lowest BCUT2D eigenvalue weighted by Crippen LogP contribution is -2.24. The van der Waals surface area contributed by atoms with Crippen LogP contribution in [-0.4, -0.2) is 35.7 Å². The molecule has 0 unspecified atom stereocenters. The van der Waals surface area contributed by atoms with Gasteiger partial charge in [-0.25, -0.2) is 4.98 Å². The summed E-state index contributed by atoms with van der Waals surface area (Å²) >= 11 is 1.51. The number of guanidine groups is 1. The lowest BCUT2D eigenvalue weighted by Gasteiger charge is -2.00. The first kappa shape index (κ1) is 17.9. The van der Waals surface area contributed by atoms with Crippen molar-refractivity contribution in [2.75, 3.05) is 0 Å². The molecule has 9 nitrogen and oxygen atoms in total. The molecule has 0 radical (unpaired) electrons. The quantitative estimate of drug-likeness (QED) is 0.296. The standard InChI is InChI=1S/C17H14N6O3S2/c18-17(19)23-28(25,26)10-3-1-9(2-4-10)20-7-11-14-12(22-16(11)24)5-6-13-15(14)21-8-27-13/h1-8,22,24H,(H4,18,19,23). The fraction of sp³-hybridized carbons (Fsp3) is 0. The van der Waals surface area contributed by atoms with Gasteiger partial charge in [-0.3, -0.25) is 4.99 Å². The van der Waals surface area contributed by atoms with Crippen molar-refractivity contribution in [2.24, 2.45) is 20.9 Å². The molecular weight excluding hydrogens is 400 g/mol. The molecule has 0 aliphatic carbocycles. The molecule has 28 heavy (non-hydrogen) atoms. The minimum absolute atomic E-state index is 0.0220. The Labute approximate surface area is 163 Å². The number of nitrogens with zero attached hydrogens (tertiary/aromatic N) is 3. The summed E-state index contributed by atoms with van der Waals surface area (Å²) in [5.41, 5.74) is 14.5. The van der Waals surface area contributed by atoms with E-state index in [-0.39, 0.29) is 10.8 Å². The Kier molecular flexibility index (Phi) is 4.24. The Bertz CT molecular complexity index is 1350. The molecule has 4 aromatic rings. The van der Waals surface area contributed by atoms with Gasteiger partial charge in [-0.2, -0.15) is 8.42 Å². The Balaban J connectivity index is 1.71. The fourth-order valence-corrected chi connectivity index (χ4v) is 4.33. The molecule has 11 heteroatoms. The number of hydrogen-bond donors (Lipinski definition) is 4. The first-order valence-electron chi connectivity index (χ1n) is 7.92. The summed E-state index contributed by atoms with van der Waals surface area (Å²) in [6.45, 7) is 0. The van der Waals surface area contributed by atoms with Crippen LogP contribution in [0.15, 0.2) is 56.2 Å². The average molecular weight is 414 g/mol. The Morgan fingerprint density at radius 1 is 1.18 bits per heavy atom. The normalized spacial score (nSPS) is 12.1. The molecule has 4 rings (SSSR count). The molecule has 2 aromatic heterocycles. The molecule has 0 spiro atoms. The van der Waals surface area contributed by atoms with Crippen molar-refractivity contribution >= 4 is 60.3 Å². The van der Waals surface area contributed by atoms with Gasteiger partial charge in [-0.05, 0) is 36.4 Å². The number of nitrogens with two attached hydrogens (primary N) is 2. The molecule has 0 amide bonds. The largest absolute Gasteiger partial charge is 0.494 e. The predicted octanol–water partition coefficient (Wildman–Crippen LogP) is 2.20. The van der Waals surface area contributed by atoms with E-state index in [0.29, 0.717) is 11.3 Å². The molecule has 0 atom stereocenters. The van der Waals surface area contributed by atoms with Gasteiger partial charge in [0.05, 0.1) is 37.4 Å². The van der Waals surface area contributed by atoms with Crippen molar-refractivity contribution in [2.45, 2.75) is 4.90 Å². The molecule has 2 aromatic carbocycles. The topological polar surface area (TPSA) is 160 Å². The van der Waals surface area contributed by atoms with Gasteiger partial charge in [-0.15, -0.1) is 15.7 Å². The number of fused-ring (bicyclic) bond motifs is 3. The number of aromatic hydroxyl groups is 1. The minimum Gasteiger partial charge on any atom is -0.494 e. The molecule has 0 fully saturated rings. The van der Waals surface area contributed by atoms with Gasteiger partial charge in [0.25, 0.3) is 10.0 Å². The minimum atomic E-state index is -3.95. The summed E-state index contributed by atoms with van der Waals surface area (Å²) in [6, 6.07) is 9.52. The van der Waals surface area contributed by atoms with E-state index in [0.717, 1.165) is 21.1 Å². The maximum Gasteiger partial charge on any atom is 0.285 e. The van der Waals surface area contributed by atoms with Gasteiger partial charge >= 0.3 is 0 Å². The number of sulfonamides is 1. The molecule has 0 bridgehead atoms. The third-order valence-electron chi connectivity index (χ3n) is 3.98. The summed E-state index contributed by atoms with van der Waals surface area (Å²) in [7, 11) is -3.95. The molecule has 2 heterocycles. The summed E-state index contributed by atoms with van der Waals surface area (Å²) in [6.07, 6.45) is 1.51. The monoisotopic (exact) mass is 414 g/mol. The van der Waals surface area contributed by atoms with E-state index in [9.17, 15) is 13.5 Å². The van der Waals surface area contributed by atoms with Gasteiger partial charge < -0.3 is 21.6 Å². The van der Waals surface area contributed by atoms with Crippen LogP contribution in [0.2, 0.25) is 0 Å². The summed E-state index contributed by atoms with van der Waals surface area (Å²) in [5, 5.41) is 11.0. The first-order chi connectivity index (χ1) is 13.3. The number of aromatic amines is 1. The van der Waals surface area contributed by atoms with Crippen molar-refractivity contribution in [1.82, 2.24) is 9.97 Å². The molecule has 6 N–H and O–H groups in total. The number of thiazole rings is 1. The number of aromatic nitrogens is 2. The van der Waals surface area contributed by atoms with Crippen LogP contribution in [0, 0.1) is 0 Å². The third kappa shape index (κ3) is 3.17. The predicted molar refractivity (Wildman–Crippen MR) is 110 cm³/mol. The number of hydrogen-bond acceptors (Lipinski definition) is 6. The van der Waals surface area contributed by atoms with Gasteiger partial charge in [0.2, 0.25) is 5.96 Å². The fourth-order valence-electron chi connectivity index (χ4n) is 2.78. The third-order valence-corrected chi connectivity index (χ3v) is 6.10. The number of H-pyrrole nitrogens is 1. The van der Waals surface area contributed by atoms with E-state index in [1.54, 1.807) is 5.51 Å². The summed E-state index contributed by atoms with van der Waals surface area (Å²) in [4.78, 5) is 11.5. The highest BCUT2D eigenvalue weighted by Crippen LogP contribution is 2.33. The van der Waals surface area contributed by atoms with E-state index >= 15 is 0 Å². The average Bonchev–Trinajstić information content (AvgIpc) is 3.22. The van der Waals surface area contributed by atoms with E-state index in [1.807, 2.05) is 12.1 Å². The van der Waals surface area contributed by atoms with Crippen molar-refractivity contribution in [1.29, 1.82) is 0 Å².